The summed E-state index contributed by atoms with van der Waals surface area (Å²) in [5.41, 5.74) is 4.91. The Morgan fingerprint density at radius 1 is 1.05 bits per heavy atom. The van der Waals surface area contributed by atoms with Crippen molar-refractivity contribution in [2.75, 3.05) is 50.7 Å². The lowest BCUT2D eigenvalue weighted by Gasteiger charge is -2.36. The summed E-state index contributed by atoms with van der Waals surface area (Å²) in [7, 11) is 0. The normalized spacial score (nSPS) is 18.4. The third-order valence-corrected chi connectivity index (χ3v) is 8.44. The van der Waals surface area contributed by atoms with E-state index in [1.54, 1.807) is 0 Å². The number of nitrogens with one attached hydrogen (secondary N) is 2. The molecule has 1 saturated carbocycles. The predicted molar refractivity (Wildman–Crippen MR) is 156 cm³/mol. The van der Waals surface area contributed by atoms with Crippen molar-refractivity contribution in [3.8, 4) is 0 Å². The van der Waals surface area contributed by atoms with Gasteiger partial charge < -0.3 is 20.1 Å². The summed E-state index contributed by atoms with van der Waals surface area (Å²) < 4.78 is 0. The van der Waals surface area contributed by atoms with E-state index < -0.39 is 0 Å². The zero-order valence-corrected chi connectivity index (χ0v) is 23.8. The first-order chi connectivity index (χ1) is 18.8. The fourth-order valence-corrected chi connectivity index (χ4v) is 5.85. The van der Waals surface area contributed by atoms with Crippen molar-refractivity contribution in [3.05, 3.63) is 53.1 Å². The van der Waals surface area contributed by atoms with Crippen molar-refractivity contribution in [1.29, 1.82) is 0 Å². The second-order valence-corrected chi connectivity index (χ2v) is 12.6. The molecule has 1 saturated heterocycles. The number of fused-ring (bicyclic) bond motifs is 3. The minimum Gasteiger partial charge on any atom is -0.358 e. The molecule has 0 bridgehead atoms. The molecule has 39 heavy (non-hydrogen) atoms. The summed E-state index contributed by atoms with van der Waals surface area (Å²) in [4.78, 5) is 33.2. The van der Waals surface area contributed by atoms with Gasteiger partial charge in [0.05, 0.1) is 0 Å². The number of benzene rings is 1. The fraction of sp³-hybridized carbons (Fsp3) is 0.581. The standard InChI is InChI=1S/C31H43N7O/c1-31(2,3)29-34-27(22-10-11-22)20-28(35-29)37-18-16-36(17-19-37)14-7-6-13-32-30(39)38-15-12-26-24(21-38)23-8-4-5-9-25(23)33-26/h4-5,8-9,20,22,33H,6-7,10-19,21H2,1-3H3,(H,32,39). The predicted octanol–water partition coefficient (Wildman–Crippen LogP) is 4.80. The molecule has 6 rings (SSSR count). The van der Waals surface area contributed by atoms with E-state index in [1.165, 1.54) is 40.7 Å². The lowest BCUT2D eigenvalue weighted by atomic mass is 9.95. The molecule has 4 heterocycles. The highest BCUT2D eigenvalue weighted by Gasteiger charge is 2.30. The molecule has 0 spiro atoms. The summed E-state index contributed by atoms with van der Waals surface area (Å²) in [6.45, 7) is 14.0. The number of urea groups is 1. The van der Waals surface area contributed by atoms with Crippen molar-refractivity contribution in [3.63, 3.8) is 0 Å². The first kappa shape index (κ1) is 26.1. The number of aromatic nitrogens is 3. The number of unbranched alkanes of at least 4 members (excludes halogenated alkanes) is 1. The van der Waals surface area contributed by atoms with E-state index in [0.717, 1.165) is 76.7 Å². The third-order valence-electron chi connectivity index (χ3n) is 8.44. The van der Waals surface area contributed by atoms with Crippen LogP contribution in [0.5, 0.6) is 0 Å². The third kappa shape index (κ3) is 5.91. The van der Waals surface area contributed by atoms with Gasteiger partial charge in [-0.05, 0) is 38.3 Å². The second kappa shape index (κ2) is 10.8. The summed E-state index contributed by atoms with van der Waals surface area (Å²) in [5, 5.41) is 4.40. The van der Waals surface area contributed by atoms with E-state index in [1.807, 2.05) is 4.90 Å². The maximum atomic E-state index is 12.8. The van der Waals surface area contributed by atoms with Gasteiger partial charge in [0.1, 0.15) is 11.6 Å². The lowest BCUT2D eigenvalue weighted by molar-refractivity contribution is 0.192. The average Bonchev–Trinajstić information content (AvgIpc) is 3.73. The van der Waals surface area contributed by atoms with Crippen molar-refractivity contribution < 1.29 is 4.79 Å². The van der Waals surface area contributed by atoms with E-state index in [-0.39, 0.29) is 11.4 Å². The number of piperazine rings is 1. The highest BCUT2D eigenvalue weighted by Crippen LogP contribution is 2.40. The van der Waals surface area contributed by atoms with E-state index in [4.69, 9.17) is 9.97 Å². The lowest BCUT2D eigenvalue weighted by Crippen LogP contribution is -2.47. The Morgan fingerprint density at radius 2 is 1.85 bits per heavy atom. The van der Waals surface area contributed by atoms with Crippen LogP contribution in [-0.2, 0) is 18.4 Å². The largest absolute Gasteiger partial charge is 0.358 e. The van der Waals surface area contributed by atoms with Crippen LogP contribution < -0.4 is 10.2 Å². The van der Waals surface area contributed by atoms with Gasteiger partial charge in [0, 0.05) is 97.5 Å². The maximum absolute atomic E-state index is 12.8. The Hall–Kier alpha value is -3.13. The van der Waals surface area contributed by atoms with Crippen LogP contribution in [-0.4, -0.2) is 76.6 Å². The molecule has 2 aromatic heterocycles. The molecule has 0 atom stereocenters. The smallest absolute Gasteiger partial charge is 0.317 e. The molecule has 2 amide bonds. The molecule has 2 fully saturated rings. The second-order valence-electron chi connectivity index (χ2n) is 12.6. The number of amides is 2. The van der Waals surface area contributed by atoms with Crippen molar-refractivity contribution in [2.24, 2.45) is 0 Å². The van der Waals surface area contributed by atoms with Gasteiger partial charge in [0.25, 0.3) is 0 Å². The van der Waals surface area contributed by atoms with Gasteiger partial charge in [0.15, 0.2) is 0 Å². The van der Waals surface area contributed by atoms with Crippen LogP contribution >= 0.6 is 0 Å². The quantitative estimate of drug-likeness (QED) is 0.430. The molecule has 1 aliphatic carbocycles. The minimum atomic E-state index is -0.0374. The van der Waals surface area contributed by atoms with Crippen LogP contribution in [0.3, 0.4) is 0 Å². The Kier molecular flexibility index (Phi) is 7.23. The average molecular weight is 530 g/mol. The van der Waals surface area contributed by atoms with Crippen LogP contribution in [0.1, 0.15) is 75.1 Å². The first-order valence-corrected chi connectivity index (χ1v) is 14.8. The van der Waals surface area contributed by atoms with E-state index >= 15 is 0 Å². The number of anilines is 1. The van der Waals surface area contributed by atoms with E-state index in [2.05, 4.69) is 71.2 Å². The molecular formula is C31H43N7O. The van der Waals surface area contributed by atoms with Crippen LogP contribution in [0.2, 0.25) is 0 Å². The van der Waals surface area contributed by atoms with Gasteiger partial charge in [0.2, 0.25) is 0 Å². The molecule has 8 heteroatoms. The monoisotopic (exact) mass is 529 g/mol. The van der Waals surface area contributed by atoms with Crippen LogP contribution in [0, 0.1) is 0 Å². The number of carbonyl (C=O) groups excluding carboxylic acids is 1. The van der Waals surface area contributed by atoms with Gasteiger partial charge in [-0.1, -0.05) is 39.0 Å². The SMILES string of the molecule is CC(C)(C)c1nc(C2CC2)cc(N2CCN(CCCCNC(=O)N3CCc4[nH]c5ccccc5c4C3)CC2)n1. The van der Waals surface area contributed by atoms with Crippen LogP contribution in [0.25, 0.3) is 10.9 Å². The van der Waals surface area contributed by atoms with Crippen molar-refractivity contribution in [2.45, 2.75) is 70.8 Å². The highest BCUT2D eigenvalue weighted by atomic mass is 16.2. The number of H-pyrrole nitrogens is 1. The van der Waals surface area contributed by atoms with Crippen molar-refractivity contribution >= 4 is 22.8 Å². The van der Waals surface area contributed by atoms with Crippen LogP contribution in [0.4, 0.5) is 10.6 Å². The summed E-state index contributed by atoms with van der Waals surface area (Å²) in [5.74, 6) is 2.71. The van der Waals surface area contributed by atoms with Crippen molar-refractivity contribution in [1.82, 2.24) is 30.1 Å². The summed E-state index contributed by atoms with van der Waals surface area (Å²) in [6.07, 6.45) is 5.51. The number of carbonyl (C=O) groups is 1. The number of hydrogen-bond acceptors (Lipinski definition) is 5. The summed E-state index contributed by atoms with van der Waals surface area (Å²) in [6, 6.07) is 10.7. The topological polar surface area (TPSA) is 80.4 Å². The Bertz CT molecular complexity index is 1310. The molecule has 1 aromatic carbocycles. The number of para-hydroxylation sites is 1. The van der Waals surface area contributed by atoms with Gasteiger partial charge in [-0.2, -0.15) is 0 Å². The maximum Gasteiger partial charge on any atom is 0.317 e. The Balaban J connectivity index is 0.926. The number of aromatic amines is 1. The molecule has 8 nitrogen and oxygen atoms in total. The van der Waals surface area contributed by atoms with Gasteiger partial charge >= 0.3 is 6.03 Å². The van der Waals surface area contributed by atoms with Crippen LogP contribution in [0.15, 0.2) is 30.3 Å². The zero-order valence-electron chi connectivity index (χ0n) is 23.8. The minimum absolute atomic E-state index is 0.0374. The van der Waals surface area contributed by atoms with E-state index in [0.29, 0.717) is 12.5 Å². The number of rotatable bonds is 7. The molecule has 2 aliphatic heterocycles. The van der Waals surface area contributed by atoms with Gasteiger partial charge in [-0.3, -0.25) is 4.90 Å². The highest BCUT2D eigenvalue weighted by molar-refractivity contribution is 5.85. The molecule has 2 N–H and O–H groups in total. The Labute approximate surface area is 232 Å². The molecule has 0 radical (unpaired) electrons. The fourth-order valence-electron chi connectivity index (χ4n) is 5.85. The van der Waals surface area contributed by atoms with Gasteiger partial charge in [-0.25, -0.2) is 14.8 Å². The number of nitrogens with zero attached hydrogens (tertiary/aromatic N) is 5. The Morgan fingerprint density at radius 3 is 2.62 bits per heavy atom. The molecule has 3 aromatic rings. The van der Waals surface area contributed by atoms with Gasteiger partial charge in [-0.15, -0.1) is 0 Å². The molecular weight excluding hydrogens is 486 g/mol. The summed E-state index contributed by atoms with van der Waals surface area (Å²) >= 11 is 0. The molecule has 0 unspecified atom stereocenters. The molecule has 3 aliphatic rings. The van der Waals surface area contributed by atoms with E-state index in [9.17, 15) is 4.79 Å². The number of hydrogen-bond donors (Lipinski definition) is 2. The molecule has 208 valence electrons. The first-order valence-electron chi connectivity index (χ1n) is 14.8. The zero-order chi connectivity index (χ0) is 27.0.